The summed E-state index contributed by atoms with van der Waals surface area (Å²) < 4.78 is 52.8. The van der Waals surface area contributed by atoms with E-state index in [1.54, 1.807) is 6.92 Å². The van der Waals surface area contributed by atoms with Crippen LogP contribution in [0.1, 0.15) is 45.6 Å². The normalized spacial score (nSPS) is 20.2. The van der Waals surface area contributed by atoms with Crippen LogP contribution in [0.25, 0.3) is 0 Å². The van der Waals surface area contributed by atoms with E-state index in [1.165, 1.54) is 36.9 Å². The van der Waals surface area contributed by atoms with Gasteiger partial charge in [0.1, 0.15) is 19.4 Å². The van der Waals surface area contributed by atoms with Crippen LogP contribution in [0.4, 0.5) is 9.18 Å². The largest absolute Gasteiger partial charge is 0.488 e. The van der Waals surface area contributed by atoms with Gasteiger partial charge in [-0.05, 0) is 57.7 Å². The Balaban J connectivity index is 1.51. The first-order valence-corrected chi connectivity index (χ1v) is 12.3. The first-order valence-electron chi connectivity index (χ1n) is 10.7. The number of hydrogen-bond acceptors (Lipinski definition) is 7. The zero-order chi connectivity index (χ0) is 24.4. The molecule has 0 radical (unpaired) electrons. The molecule has 3 amide bonds. The summed E-state index contributed by atoms with van der Waals surface area (Å²) >= 11 is 0. The van der Waals surface area contributed by atoms with Crippen LogP contribution in [-0.2, 0) is 25.1 Å². The van der Waals surface area contributed by atoms with E-state index >= 15 is 0 Å². The molecule has 1 aliphatic heterocycles. The van der Waals surface area contributed by atoms with Crippen LogP contribution < -0.4 is 14.8 Å². The Hall–Kier alpha value is -2.28. The Bertz CT molecular complexity index is 1010. The molecule has 0 bridgehead atoms. The number of sulfonamides is 1. The quantitative estimate of drug-likeness (QED) is 0.298. The maximum Gasteiger partial charge on any atom is 0.326 e. The maximum atomic E-state index is 14.1. The predicted molar refractivity (Wildman–Crippen MR) is 116 cm³/mol. The lowest BCUT2D eigenvalue weighted by molar-refractivity contribution is -0.121. The molecule has 1 saturated carbocycles. The number of amides is 3. The summed E-state index contributed by atoms with van der Waals surface area (Å²) in [5.74, 6) is -1.24. The van der Waals surface area contributed by atoms with Crippen molar-refractivity contribution in [3.63, 3.8) is 0 Å². The molecule has 1 aliphatic carbocycles. The summed E-state index contributed by atoms with van der Waals surface area (Å²) in [7, 11) is -3.66. The van der Waals surface area contributed by atoms with E-state index in [9.17, 15) is 27.5 Å². The van der Waals surface area contributed by atoms with E-state index in [-0.39, 0.29) is 37.9 Å². The van der Waals surface area contributed by atoms with Crippen molar-refractivity contribution >= 4 is 22.0 Å². The average Bonchev–Trinajstić information content (AvgIpc) is 3.43. The minimum absolute atomic E-state index is 0.0489. The van der Waals surface area contributed by atoms with E-state index in [0.717, 1.165) is 0 Å². The molecule has 2 aliphatic rings. The molecule has 184 valence electrons. The Labute approximate surface area is 192 Å². The highest BCUT2D eigenvalue weighted by atomic mass is 32.2. The Morgan fingerprint density at radius 3 is 2.61 bits per heavy atom. The molecule has 3 rings (SSSR count). The second-order valence-electron chi connectivity index (χ2n) is 9.08. The number of hydrogen-bond donors (Lipinski definition) is 3. The van der Waals surface area contributed by atoms with Gasteiger partial charge in [-0.2, -0.15) is 0 Å². The third-order valence-electron chi connectivity index (χ3n) is 5.44. The molecule has 2 fully saturated rings. The average molecular weight is 488 g/mol. The number of benzene rings is 1. The van der Waals surface area contributed by atoms with Crippen molar-refractivity contribution in [2.45, 2.75) is 57.2 Å². The number of imide groups is 1. The summed E-state index contributed by atoms with van der Waals surface area (Å²) in [6, 6.07) is 3.03. The van der Waals surface area contributed by atoms with Gasteiger partial charge in [0.05, 0.1) is 16.9 Å². The van der Waals surface area contributed by atoms with Crippen LogP contribution in [0.2, 0.25) is 0 Å². The van der Waals surface area contributed by atoms with Crippen molar-refractivity contribution in [1.82, 2.24) is 14.9 Å². The maximum absolute atomic E-state index is 14.1. The number of halogens is 1. The van der Waals surface area contributed by atoms with Crippen molar-refractivity contribution in [3.8, 4) is 5.75 Å². The van der Waals surface area contributed by atoms with E-state index in [1.807, 2.05) is 0 Å². The zero-order valence-corrected chi connectivity index (χ0v) is 19.7. The summed E-state index contributed by atoms with van der Waals surface area (Å²) in [5, 5.41) is 12.0. The van der Waals surface area contributed by atoms with E-state index in [2.05, 4.69) is 10.0 Å². The highest BCUT2D eigenvalue weighted by Gasteiger charge is 2.47. The number of aliphatic hydroxyl groups is 1. The molecule has 10 nitrogen and oxygen atoms in total. The standard InChI is InChI=1S/C21H30FN3O7S/c1-14-18(26)23-19(27)25(14)13-31-9-4-10-33(29,30)24-21(7-8-21)15-5-6-16(22)17(11-15)32-12-20(2,3)28/h5-6,11,14,24,28H,4,7-10,12-13H2,1-3H3,(H,23,26,27)/t14-/m0/s1. The molecule has 1 saturated heterocycles. The number of ether oxygens (including phenoxy) is 2. The summed E-state index contributed by atoms with van der Waals surface area (Å²) in [6.45, 7) is 4.51. The molecule has 1 aromatic rings. The summed E-state index contributed by atoms with van der Waals surface area (Å²) in [4.78, 5) is 24.3. The van der Waals surface area contributed by atoms with Gasteiger partial charge in [-0.3, -0.25) is 15.0 Å². The molecule has 1 aromatic carbocycles. The third-order valence-corrected chi connectivity index (χ3v) is 6.96. The second kappa shape index (κ2) is 9.53. The van der Waals surface area contributed by atoms with Crippen LogP contribution in [0.5, 0.6) is 5.75 Å². The van der Waals surface area contributed by atoms with Crippen molar-refractivity contribution in [2.24, 2.45) is 0 Å². The molecule has 12 heteroatoms. The zero-order valence-electron chi connectivity index (χ0n) is 18.9. The topological polar surface area (TPSA) is 134 Å². The van der Waals surface area contributed by atoms with Crippen LogP contribution in [0, 0.1) is 5.82 Å². The predicted octanol–water partition coefficient (Wildman–Crippen LogP) is 1.19. The SMILES string of the molecule is C[C@H]1C(=O)NC(=O)N1COCCCS(=O)(=O)NC1(c2ccc(F)c(OCC(C)(C)O)c2)CC1. The monoisotopic (exact) mass is 487 g/mol. The van der Waals surface area contributed by atoms with E-state index < -0.39 is 45.0 Å². The molecule has 33 heavy (non-hydrogen) atoms. The molecular weight excluding hydrogens is 457 g/mol. The number of nitrogens with zero attached hydrogens (tertiary/aromatic N) is 1. The highest BCUT2D eigenvalue weighted by molar-refractivity contribution is 7.89. The smallest absolute Gasteiger partial charge is 0.326 e. The van der Waals surface area contributed by atoms with Gasteiger partial charge in [-0.1, -0.05) is 6.07 Å². The van der Waals surface area contributed by atoms with Gasteiger partial charge in [0, 0.05) is 6.61 Å². The van der Waals surface area contributed by atoms with Crippen molar-refractivity contribution in [1.29, 1.82) is 0 Å². The fraction of sp³-hybridized carbons (Fsp3) is 0.619. The van der Waals surface area contributed by atoms with Crippen LogP contribution >= 0.6 is 0 Å². The Morgan fingerprint density at radius 1 is 1.33 bits per heavy atom. The number of rotatable bonds is 12. The molecule has 0 aromatic heterocycles. The number of nitrogens with one attached hydrogen (secondary N) is 2. The molecule has 1 heterocycles. The minimum Gasteiger partial charge on any atom is -0.488 e. The van der Waals surface area contributed by atoms with Gasteiger partial charge >= 0.3 is 6.03 Å². The fourth-order valence-corrected chi connectivity index (χ4v) is 4.89. The molecule has 0 spiro atoms. The Kier molecular flexibility index (Phi) is 7.32. The van der Waals surface area contributed by atoms with Crippen LogP contribution in [0.15, 0.2) is 18.2 Å². The molecular formula is C21H30FN3O7S. The van der Waals surface area contributed by atoms with Crippen molar-refractivity contribution < 1.29 is 37.0 Å². The first-order chi connectivity index (χ1) is 15.3. The van der Waals surface area contributed by atoms with Crippen LogP contribution in [0.3, 0.4) is 0 Å². The lowest BCUT2D eigenvalue weighted by Crippen LogP contribution is -2.37. The van der Waals surface area contributed by atoms with E-state index in [0.29, 0.717) is 18.4 Å². The lowest BCUT2D eigenvalue weighted by atomic mass is 10.1. The van der Waals surface area contributed by atoms with Gasteiger partial charge < -0.3 is 14.6 Å². The van der Waals surface area contributed by atoms with Crippen molar-refractivity contribution in [3.05, 3.63) is 29.6 Å². The van der Waals surface area contributed by atoms with Gasteiger partial charge in [-0.15, -0.1) is 0 Å². The van der Waals surface area contributed by atoms with Gasteiger partial charge in [0.25, 0.3) is 5.91 Å². The fourth-order valence-electron chi connectivity index (χ4n) is 3.37. The highest BCUT2D eigenvalue weighted by Crippen LogP contribution is 2.47. The molecule has 1 atom stereocenters. The third kappa shape index (κ3) is 6.62. The molecule has 3 N–H and O–H groups in total. The van der Waals surface area contributed by atoms with Crippen molar-refractivity contribution in [2.75, 3.05) is 25.7 Å². The second-order valence-corrected chi connectivity index (χ2v) is 10.9. The number of carbonyl (C=O) groups excluding carboxylic acids is 2. The van der Waals surface area contributed by atoms with E-state index in [4.69, 9.17) is 9.47 Å². The first kappa shape index (κ1) is 25.3. The molecule has 0 unspecified atom stereocenters. The van der Waals surface area contributed by atoms with Gasteiger partial charge in [0.2, 0.25) is 10.0 Å². The summed E-state index contributed by atoms with van der Waals surface area (Å²) in [6.07, 6.45) is 1.32. The van der Waals surface area contributed by atoms with Gasteiger partial charge in [-0.25, -0.2) is 22.3 Å². The Morgan fingerprint density at radius 2 is 2.03 bits per heavy atom. The minimum atomic E-state index is -3.66. The summed E-state index contributed by atoms with van der Waals surface area (Å²) in [5.41, 5.74) is -1.37. The number of carbonyl (C=O) groups is 2. The number of urea groups is 1. The lowest BCUT2D eigenvalue weighted by Gasteiger charge is -2.21. The van der Waals surface area contributed by atoms with Gasteiger partial charge in [0.15, 0.2) is 11.6 Å². The van der Waals surface area contributed by atoms with Crippen LogP contribution in [-0.4, -0.2) is 67.7 Å².